The summed E-state index contributed by atoms with van der Waals surface area (Å²) >= 11 is 0.985. The van der Waals surface area contributed by atoms with Gasteiger partial charge in [-0.15, -0.1) is 0 Å². The molecule has 2 aliphatic rings. The number of hydrogen-bond acceptors (Lipinski definition) is 6. The Kier molecular flexibility index (Phi) is 5.80. The predicted octanol–water partition coefficient (Wildman–Crippen LogP) is 3.68. The molecule has 0 radical (unpaired) electrons. The number of nitrogens with zero attached hydrogens (tertiary/aromatic N) is 2. The van der Waals surface area contributed by atoms with Crippen LogP contribution in [0.5, 0.6) is 0 Å². The van der Waals surface area contributed by atoms with Gasteiger partial charge < -0.3 is 10.4 Å². The maximum atomic E-state index is 13.6. The van der Waals surface area contributed by atoms with Crippen LogP contribution in [0.2, 0.25) is 0 Å². The average Bonchev–Trinajstić information content (AvgIpc) is 3.25. The summed E-state index contributed by atoms with van der Waals surface area (Å²) in [6, 6.07) is 5.95. The van der Waals surface area contributed by atoms with Crippen LogP contribution in [0.1, 0.15) is 16.8 Å². The third-order valence-electron chi connectivity index (χ3n) is 4.04. The van der Waals surface area contributed by atoms with Crippen LogP contribution in [0, 0.1) is 5.82 Å². The molecule has 0 saturated carbocycles. The fraction of sp³-hybridized carbons (Fsp3) is 0.176. The second-order valence-electron chi connectivity index (χ2n) is 6.19. The molecule has 2 aromatic rings. The van der Waals surface area contributed by atoms with Crippen molar-refractivity contribution in [2.24, 2.45) is 5.10 Å². The number of thioether (sulfide) groups is 1. The van der Waals surface area contributed by atoms with Crippen molar-refractivity contribution in [1.82, 2.24) is 10.4 Å². The van der Waals surface area contributed by atoms with E-state index in [4.69, 9.17) is 9.90 Å². The minimum Gasteiger partial charge on any atom is -0.475 e. The van der Waals surface area contributed by atoms with E-state index in [1.807, 2.05) is 0 Å². The first-order valence-corrected chi connectivity index (χ1v) is 9.05. The molecule has 3 N–H and O–H groups in total. The Labute approximate surface area is 177 Å². The maximum absolute atomic E-state index is 13.6. The first kappa shape index (κ1) is 23.3. The molecule has 2 aliphatic heterocycles. The fourth-order valence-corrected chi connectivity index (χ4v) is 3.73. The van der Waals surface area contributed by atoms with E-state index in [2.05, 4.69) is 20.8 Å². The lowest BCUT2D eigenvalue weighted by molar-refractivity contribution is -0.192. The number of halogens is 7. The number of aliphatic carboxylic acids is 1. The van der Waals surface area contributed by atoms with Crippen molar-refractivity contribution in [3.63, 3.8) is 0 Å². The van der Waals surface area contributed by atoms with E-state index in [1.165, 1.54) is 24.3 Å². The molecule has 1 aromatic heterocycles. The summed E-state index contributed by atoms with van der Waals surface area (Å²) in [7, 11) is 0. The number of carboxylic acid groups (broad SMARTS) is 1. The number of carbonyl (C=O) groups excluding carboxylic acids is 1. The molecule has 1 amide bonds. The van der Waals surface area contributed by atoms with Gasteiger partial charge in [-0.1, -0.05) is 11.8 Å². The number of carbonyl (C=O) groups is 2. The number of hydrogen-bond donors (Lipinski definition) is 3. The van der Waals surface area contributed by atoms with Crippen LogP contribution in [0.25, 0.3) is 0 Å². The zero-order valence-corrected chi connectivity index (χ0v) is 16.0. The smallest absolute Gasteiger partial charge is 0.475 e. The Hall–Kier alpha value is -3.36. The van der Waals surface area contributed by atoms with Crippen LogP contribution < -0.4 is 10.7 Å². The van der Waals surface area contributed by atoms with Gasteiger partial charge in [0.15, 0.2) is 0 Å². The van der Waals surface area contributed by atoms with Crippen LogP contribution >= 0.6 is 11.8 Å². The second kappa shape index (κ2) is 7.96. The van der Waals surface area contributed by atoms with Gasteiger partial charge in [-0.2, -0.15) is 31.4 Å². The molecule has 4 rings (SSSR count). The van der Waals surface area contributed by atoms with Crippen molar-refractivity contribution >= 4 is 34.4 Å². The topological polar surface area (TPSA) is 104 Å². The zero-order chi connectivity index (χ0) is 23.9. The molecular formula is C17H9F7N4O3S. The van der Waals surface area contributed by atoms with E-state index in [-0.39, 0.29) is 5.04 Å². The number of alkyl halides is 6. The SMILES string of the molecule is O=C(O)C(F)(F)F.O=C1Nc2ccc(F)cc2C12NN=C(c1ccc(C(F)(F)F)nc1)S2. The largest absolute Gasteiger partial charge is 0.490 e. The molecule has 0 bridgehead atoms. The van der Waals surface area contributed by atoms with Crippen LogP contribution in [-0.2, 0) is 20.6 Å². The number of anilines is 1. The summed E-state index contributed by atoms with van der Waals surface area (Å²) in [5.41, 5.74) is 2.81. The molecule has 0 fully saturated rings. The molecule has 170 valence electrons. The summed E-state index contributed by atoms with van der Waals surface area (Å²) in [5.74, 6) is -3.70. The van der Waals surface area contributed by atoms with Crippen LogP contribution in [0.15, 0.2) is 41.6 Å². The Morgan fingerprint density at radius 1 is 1.09 bits per heavy atom. The van der Waals surface area contributed by atoms with Gasteiger partial charge in [-0.25, -0.2) is 9.18 Å². The summed E-state index contributed by atoms with van der Waals surface area (Å²) < 4.78 is 83.1. The van der Waals surface area contributed by atoms with Crippen molar-refractivity contribution in [2.45, 2.75) is 17.2 Å². The lowest BCUT2D eigenvalue weighted by Gasteiger charge is -2.19. The molecule has 1 atom stereocenters. The number of pyridine rings is 1. The van der Waals surface area contributed by atoms with E-state index >= 15 is 0 Å². The van der Waals surface area contributed by atoms with Crippen molar-refractivity contribution in [3.8, 4) is 0 Å². The molecule has 15 heteroatoms. The Balaban J connectivity index is 0.000000360. The molecule has 32 heavy (non-hydrogen) atoms. The summed E-state index contributed by atoms with van der Waals surface area (Å²) in [6.07, 6.45) is -8.58. The van der Waals surface area contributed by atoms with E-state index in [0.29, 0.717) is 16.8 Å². The van der Waals surface area contributed by atoms with E-state index < -0.39 is 40.6 Å². The Bertz CT molecular complexity index is 1100. The normalized spacial score (nSPS) is 19.5. The lowest BCUT2D eigenvalue weighted by atomic mass is 10.1. The molecule has 7 nitrogen and oxygen atoms in total. The Morgan fingerprint density at radius 3 is 2.28 bits per heavy atom. The molecule has 3 heterocycles. The minimum atomic E-state index is -5.08. The van der Waals surface area contributed by atoms with Crippen molar-refractivity contribution in [1.29, 1.82) is 0 Å². The minimum absolute atomic E-state index is 0.286. The van der Waals surface area contributed by atoms with Gasteiger partial charge in [-0.3, -0.25) is 15.2 Å². The van der Waals surface area contributed by atoms with Gasteiger partial charge >= 0.3 is 18.3 Å². The quantitative estimate of drug-likeness (QED) is 0.536. The highest BCUT2D eigenvalue weighted by Gasteiger charge is 2.52. The summed E-state index contributed by atoms with van der Waals surface area (Å²) in [5, 5.41) is 14.1. The van der Waals surface area contributed by atoms with Crippen molar-refractivity contribution < 1.29 is 45.4 Å². The number of carboxylic acids is 1. The van der Waals surface area contributed by atoms with Gasteiger partial charge in [0, 0.05) is 23.0 Å². The maximum Gasteiger partial charge on any atom is 0.490 e. The van der Waals surface area contributed by atoms with Crippen molar-refractivity contribution in [3.05, 3.63) is 59.2 Å². The first-order valence-electron chi connectivity index (χ1n) is 8.23. The lowest BCUT2D eigenvalue weighted by Crippen LogP contribution is -2.39. The highest BCUT2D eigenvalue weighted by Crippen LogP contribution is 2.48. The summed E-state index contributed by atoms with van der Waals surface area (Å²) in [4.78, 5) is 23.3. The van der Waals surface area contributed by atoms with Gasteiger partial charge in [-0.05, 0) is 30.3 Å². The van der Waals surface area contributed by atoms with E-state index in [0.717, 1.165) is 24.0 Å². The number of rotatable bonds is 1. The monoisotopic (exact) mass is 482 g/mol. The zero-order valence-electron chi connectivity index (χ0n) is 15.2. The highest BCUT2D eigenvalue weighted by molar-refractivity contribution is 8.16. The van der Waals surface area contributed by atoms with Crippen LogP contribution in [0.4, 0.5) is 36.4 Å². The molecule has 1 aromatic carbocycles. The molecule has 0 saturated heterocycles. The number of fused-ring (bicyclic) bond motifs is 2. The van der Waals surface area contributed by atoms with Gasteiger partial charge in [0.25, 0.3) is 5.91 Å². The third kappa shape index (κ3) is 4.46. The van der Waals surface area contributed by atoms with Gasteiger partial charge in [0.05, 0.1) is 0 Å². The van der Waals surface area contributed by atoms with Gasteiger partial charge in [0.2, 0.25) is 4.87 Å². The molecule has 1 spiro atoms. The Morgan fingerprint density at radius 2 is 1.75 bits per heavy atom. The average molecular weight is 482 g/mol. The molecule has 1 unspecified atom stereocenters. The van der Waals surface area contributed by atoms with Crippen LogP contribution in [-0.4, -0.2) is 33.2 Å². The fourth-order valence-electron chi connectivity index (χ4n) is 2.59. The number of nitrogens with one attached hydrogen (secondary N) is 2. The molecule has 0 aliphatic carbocycles. The number of benzene rings is 1. The van der Waals surface area contributed by atoms with E-state index in [9.17, 15) is 35.5 Å². The summed E-state index contributed by atoms with van der Waals surface area (Å²) in [6.45, 7) is 0. The van der Waals surface area contributed by atoms with E-state index in [1.54, 1.807) is 0 Å². The number of aromatic nitrogens is 1. The number of hydrazone groups is 1. The second-order valence-corrected chi connectivity index (χ2v) is 7.39. The van der Waals surface area contributed by atoms with Gasteiger partial charge in [0.1, 0.15) is 16.6 Å². The third-order valence-corrected chi connectivity index (χ3v) is 5.36. The van der Waals surface area contributed by atoms with Crippen LogP contribution in [0.3, 0.4) is 0 Å². The molecular weight excluding hydrogens is 473 g/mol. The standard InChI is InChI=1S/C15H8F4N4OS.C2HF3O2/c16-8-2-3-10-9(5-8)14(13(24)21-10)23-22-12(25-14)7-1-4-11(20-6-7)15(17,18)19;3-2(4,5)1(6)7/h1-6,23H,(H,21,24);(H,6,7). The highest BCUT2D eigenvalue weighted by atomic mass is 32.2. The van der Waals surface area contributed by atoms with Crippen molar-refractivity contribution in [2.75, 3.05) is 5.32 Å². The predicted molar refractivity (Wildman–Crippen MR) is 96.9 cm³/mol. The first-order chi connectivity index (χ1) is 14.7. The number of amides is 1.